The topological polar surface area (TPSA) is 46.2 Å². The molecule has 3 nitrogen and oxygen atoms in total. The molecule has 1 aromatic carbocycles. The summed E-state index contributed by atoms with van der Waals surface area (Å²) in [7, 11) is -3.20. The largest absolute Gasteiger partial charge is 0.212 e. The van der Waals surface area contributed by atoms with Crippen LogP contribution in [0.25, 0.3) is 0 Å². The maximum atomic E-state index is 12.6. The lowest BCUT2D eigenvalue weighted by atomic mass is 10.2. The number of sulfonamides is 1. The van der Waals surface area contributed by atoms with Crippen LogP contribution in [0.4, 0.5) is 4.39 Å². The number of halogens is 1. The summed E-state index contributed by atoms with van der Waals surface area (Å²) in [5.41, 5.74) is 0.751. The molecule has 0 aromatic heterocycles. The maximum absolute atomic E-state index is 12.6. The van der Waals surface area contributed by atoms with Gasteiger partial charge >= 0.3 is 0 Å². The number of rotatable bonds is 6. The standard InChI is InChI=1S/C11H16FNO2S/c1-2-3-8-16(14,15)13-9-10-4-6-11(12)7-5-10/h4-7,13H,2-3,8-9H2,1H3. The SMILES string of the molecule is CCCCS(=O)(=O)NCc1ccc(F)cc1. The monoisotopic (exact) mass is 245 g/mol. The average Bonchev–Trinajstić information content (AvgIpc) is 2.26. The molecule has 0 aliphatic rings. The Balaban J connectivity index is 2.48. The summed E-state index contributed by atoms with van der Waals surface area (Å²) in [4.78, 5) is 0. The van der Waals surface area contributed by atoms with E-state index >= 15 is 0 Å². The normalized spacial score (nSPS) is 11.6. The lowest BCUT2D eigenvalue weighted by Crippen LogP contribution is -2.25. The number of hydrogen-bond acceptors (Lipinski definition) is 2. The van der Waals surface area contributed by atoms with Crippen molar-refractivity contribution in [1.29, 1.82) is 0 Å². The smallest absolute Gasteiger partial charge is 0.211 e. The predicted molar refractivity (Wildman–Crippen MR) is 61.9 cm³/mol. The van der Waals surface area contributed by atoms with Crippen molar-refractivity contribution in [3.63, 3.8) is 0 Å². The van der Waals surface area contributed by atoms with Crippen LogP contribution in [0.3, 0.4) is 0 Å². The molecular formula is C11H16FNO2S. The molecule has 90 valence electrons. The van der Waals surface area contributed by atoms with Crippen molar-refractivity contribution in [2.45, 2.75) is 26.3 Å². The Labute approximate surface area is 95.7 Å². The predicted octanol–water partition coefficient (Wildman–Crippen LogP) is 2.05. The Bertz CT molecular complexity index is 414. The number of nitrogens with one attached hydrogen (secondary N) is 1. The molecule has 0 aliphatic carbocycles. The summed E-state index contributed by atoms with van der Waals surface area (Å²) in [6.07, 6.45) is 1.50. The molecule has 0 atom stereocenters. The Morgan fingerprint density at radius 3 is 2.44 bits per heavy atom. The van der Waals surface area contributed by atoms with Gasteiger partial charge in [0.05, 0.1) is 5.75 Å². The molecule has 0 radical (unpaired) electrons. The lowest BCUT2D eigenvalue weighted by molar-refractivity contribution is 0.578. The molecule has 5 heteroatoms. The fraction of sp³-hybridized carbons (Fsp3) is 0.455. The van der Waals surface area contributed by atoms with Crippen LogP contribution in [0.15, 0.2) is 24.3 Å². The quantitative estimate of drug-likeness (QED) is 0.833. The summed E-state index contributed by atoms with van der Waals surface area (Å²) in [6.45, 7) is 2.15. The fourth-order valence-electron chi connectivity index (χ4n) is 1.20. The molecule has 0 bridgehead atoms. The van der Waals surface area contributed by atoms with Gasteiger partial charge in [-0.15, -0.1) is 0 Å². The first-order valence-corrected chi connectivity index (χ1v) is 6.90. The van der Waals surface area contributed by atoms with Crippen LogP contribution < -0.4 is 4.72 Å². The fourth-order valence-corrected chi connectivity index (χ4v) is 2.40. The molecule has 1 N–H and O–H groups in total. The zero-order valence-electron chi connectivity index (χ0n) is 9.24. The number of unbranched alkanes of at least 4 members (excludes halogenated alkanes) is 1. The van der Waals surface area contributed by atoms with Gasteiger partial charge in [-0.1, -0.05) is 25.5 Å². The zero-order chi connectivity index (χ0) is 12.0. The lowest BCUT2D eigenvalue weighted by Gasteiger charge is -2.05. The number of hydrogen-bond donors (Lipinski definition) is 1. The van der Waals surface area contributed by atoms with Crippen molar-refractivity contribution in [3.05, 3.63) is 35.6 Å². The van der Waals surface area contributed by atoms with E-state index < -0.39 is 10.0 Å². The average molecular weight is 245 g/mol. The van der Waals surface area contributed by atoms with E-state index in [1.54, 1.807) is 12.1 Å². The van der Waals surface area contributed by atoms with Crippen molar-refractivity contribution in [3.8, 4) is 0 Å². The van der Waals surface area contributed by atoms with E-state index in [1.807, 2.05) is 6.92 Å². The van der Waals surface area contributed by atoms with Crippen LogP contribution in [-0.4, -0.2) is 14.2 Å². The molecule has 0 heterocycles. The van der Waals surface area contributed by atoms with Gasteiger partial charge in [0.1, 0.15) is 5.82 Å². The molecule has 0 unspecified atom stereocenters. The van der Waals surface area contributed by atoms with Gasteiger partial charge < -0.3 is 0 Å². The van der Waals surface area contributed by atoms with E-state index in [0.29, 0.717) is 6.42 Å². The summed E-state index contributed by atoms with van der Waals surface area (Å²) < 4.78 is 38.0. The van der Waals surface area contributed by atoms with Gasteiger partial charge in [0.25, 0.3) is 0 Å². The molecule has 1 aromatic rings. The maximum Gasteiger partial charge on any atom is 0.211 e. The van der Waals surface area contributed by atoms with Gasteiger partial charge in [0.15, 0.2) is 0 Å². The second-order valence-corrected chi connectivity index (χ2v) is 5.55. The number of benzene rings is 1. The van der Waals surface area contributed by atoms with E-state index in [-0.39, 0.29) is 18.1 Å². The first-order valence-electron chi connectivity index (χ1n) is 5.25. The van der Waals surface area contributed by atoms with Crippen LogP contribution in [0.1, 0.15) is 25.3 Å². The third-order valence-corrected chi connectivity index (χ3v) is 3.59. The molecule has 16 heavy (non-hydrogen) atoms. The first-order chi connectivity index (χ1) is 7.53. The summed E-state index contributed by atoms with van der Waals surface area (Å²) in [5, 5.41) is 0. The highest BCUT2D eigenvalue weighted by Gasteiger charge is 2.08. The zero-order valence-corrected chi connectivity index (χ0v) is 10.1. The van der Waals surface area contributed by atoms with Crippen LogP contribution >= 0.6 is 0 Å². The van der Waals surface area contributed by atoms with E-state index in [0.717, 1.165) is 12.0 Å². The summed E-state index contributed by atoms with van der Waals surface area (Å²) >= 11 is 0. The first kappa shape index (κ1) is 13.1. The Morgan fingerprint density at radius 2 is 1.88 bits per heavy atom. The van der Waals surface area contributed by atoms with Gasteiger partial charge in [-0.05, 0) is 24.1 Å². The van der Waals surface area contributed by atoms with E-state index in [2.05, 4.69) is 4.72 Å². The minimum Gasteiger partial charge on any atom is -0.212 e. The minimum absolute atomic E-state index is 0.144. The Kier molecular flexibility index (Phi) is 4.89. The molecular weight excluding hydrogens is 229 g/mol. The van der Waals surface area contributed by atoms with E-state index in [1.165, 1.54) is 12.1 Å². The third kappa shape index (κ3) is 4.72. The highest BCUT2D eigenvalue weighted by Crippen LogP contribution is 2.03. The molecule has 0 amide bonds. The van der Waals surface area contributed by atoms with Crippen molar-refractivity contribution in [2.24, 2.45) is 0 Å². The van der Waals surface area contributed by atoms with Crippen LogP contribution in [0, 0.1) is 5.82 Å². The summed E-state index contributed by atoms with van der Waals surface area (Å²) in [5.74, 6) is -0.178. The van der Waals surface area contributed by atoms with Crippen molar-refractivity contribution >= 4 is 10.0 Å². The van der Waals surface area contributed by atoms with Gasteiger partial charge in [-0.3, -0.25) is 0 Å². The Morgan fingerprint density at radius 1 is 1.25 bits per heavy atom. The van der Waals surface area contributed by atoms with E-state index in [4.69, 9.17) is 0 Å². The third-order valence-electron chi connectivity index (χ3n) is 2.18. The molecule has 0 aliphatic heterocycles. The second kappa shape index (κ2) is 5.96. The molecule has 0 fully saturated rings. The van der Waals surface area contributed by atoms with Gasteiger partial charge in [-0.25, -0.2) is 17.5 Å². The van der Waals surface area contributed by atoms with E-state index in [9.17, 15) is 12.8 Å². The molecule has 1 rings (SSSR count). The van der Waals surface area contributed by atoms with Crippen molar-refractivity contribution < 1.29 is 12.8 Å². The van der Waals surface area contributed by atoms with Gasteiger partial charge in [0.2, 0.25) is 10.0 Å². The van der Waals surface area contributed by atoms with Crippen molar-refractivity contribution in [2.75, 3.05) is 5.75 Å². The molecule has 0 saturated heterocycles. The van der Waals surface area contributed by atoms with Crippen LogP contribution in [0.5, 0.6) is 0 Å². The van der Waals surface area contributed by atoms with Crippen molar-refractivity contribution in [1.82, 2.24) is 4.72 Å². The highest BCUT2D eigenvalue weighted by molar-refractivity contribution is 7.89. The molecule has 0 saturated carbocycles. The van der Waals surface area contributed by atoms with Gasteiger partial charge in [0, 0.05) is 6.54 Å². The summed E-state index contributed by atoms with van der Waals surface area (Å²) in [6, 6.07) is 5.76. The van der Waals surface area contributed by atoms with Crippen LogP contribution in [-0.2, 0) is 16.6 Å². The minimum atomic E-state index is -3.20. The van der Waals surface area contributed by atoms with Gasteiger partial charge in [-0.2, -0.15) is 0 Å². The Hall–Kier alpha value is -0.940. The van der Waals surface area contributed by atoms with Crippen LogP contribution in [0.2, 0.25) is 0 Å². The second-order valence-electron chi connectivity index (χ2n) is 3.62. The highest BCUT2D eigenvalue weighted by atomic mass is 32.2. The molecule has 0 spiro atoms.